The van der Waals surface area contributed by atoms with Gasteiger partial charge in [-0.3, -0.25) is 14.8 Å². The number of hydrogen-bond acceptors (Lipinski definition) is 3. The molecule has 2 heterocycles. The number of fused-ring (bicyclic) bond motifs is 1. The third-order valence-electron chi connectivity index (χ3n) is 3.40. The first-order chi connectivity index (χ1) is 9.66. The molecule has 0 aliphatic rings. The maximum absolute atomic E-state index is 12.7. The van der Waals surface area contributed by atoms with E-state index < -0.39 is 0 Å². The highest BCUT2D eigenvalue weighted by atomic mass is 16.1. The Labute approximate surface area is 117 Å². The number of carbonyl (C=O) groups is 1. The molecule has 98 valence electrons. The van der Waals surface area contributed by atoms with Gasteiger partial charge in [-0.1, -0.05) is 18.2 Å². The first kappa shape index (κ1) is 12.5. The molecule has 0 bridgehead atoms. The second-order valence-corrected chi connectivity index (χ2v) is 4.82. The summed E-state index contributed by atoms with van der Waals surface area (Å²) >= 11 is 0. The van der Waals surface area contributed by atoms with E-state index >= 15 is 0 Å². The summed E-state index contributed by atoms with van der Waals surface area (Å²) in [4.78, 5) is 21.2. The van der Waals surface area contributed by atoms with Crippen LogP contribution in [0.25, 0.3) is 10.8 Å². The largest absolute Gasteiger partial charge is 0.289 e. The molecule has 0 spiro atoms. The van der Waals surface area contributed by atoms with E-state index in [2.05, 4.69) is 9.97 Å². The van der Waals surface area contributed by atoms with Gasteiger partial charge in [0.15, 0.2) is 5.78 Å². The molecule has 0 amide bonds. The average Bonchev–Trinajstić information content (AvgIpc) is 2.46. The van der Waals surface area contributed by atoms with Gasteiger partial charge in [-0.25, -0.2) is 0 Å². The van der Waals surface area contributed by atoms with Gasteiger partial charge in [-0.05, 0) is 37.4 Å². The highest BCUT2D eigenvalue weighted by Gasteiger charge is 2.15. The van der Waals surface area contributed by atoms with Crippen molar-refractivity contribution in [3.63, 3.8) is 0 Å². The smallest absolute Gasteiger partial charge is 0.195 e. The fraction of sp³-hybridized carbons (Fsp3) is 0.118. The Hall–Kier alpha value is -2.55. The van der Waals surface area contributed by atoms with Crippen LogP contribution in [0.4, 0.5) is 0 Å². The van der Waals surface area contributed by atoms with Crippen molar-refractivity contribution in [2.24, 2.45) is 0 Å². The normalized spacial score (nSPS) is 10.7. The number of benzene rings is 1. The number of nitrogens with zero attached hydrogens (tertiary/aromatic N) is 2. The molecule has 0 atom stereocenters. The zero-order valence-corrected chi connectivity index (χ0v) is 11.4. The van der Waals surface area contributed by atoms with Crippen LogP contribution in [0.3, 0.4) is 0 Å². The van der Waals surface area contributed by atoms with E-state index in [-0.39, 0.29) is 5.78 Å². The molecule has 20 heavy (non-hydrogen) atoms. The lowest BCUT2D eigenvalue weighted by Crippen LogP contribution is -2.06. The first-order valence-corrected chi connectivity index (χ1v) is 6.48. The quantitative estimate of drug-likeness (QED) is 0.664. The van der Waals surface area contributed by atoms with Crippen LogP contribution >= 0.6 is 0 Å². The van der Waals surface area contributed by atoms with Gasteiger partial charge in [-0.15, -0.1) is 0 Å². The van der Waals surface area contributed by atoms with E-state index in [0.29, 0.717) is 11.1 Å². The zero-order chi connectivity index (χ0) is 14.1. The summed E-state index contributed by atoms with van der Waals surface area (Å²) in [7, 11) is 0. The Morgan fingerprint density at radius 3 is 2.65 bits per heavy atom. The number of ketones is 1. The van der Waals surface area contributed by atoms with Crippen molar-refractivity contribution in [2.45, 2.75) is 13.8 Å². The lowest BCUT2D eigenvalue weighted by molar-refractivity contribution is 0.103. The van der Waals surface area contributed by atoms with Crippen LogP contribution in [0.5, 0.6) is 0 Å². The third kappa shape index (κ3) is 2.07. The Morgan fingerprint density at radius 1 is 1.00 bits per heavy atom. The number of hydrogen-bond donors (Lipinski definition) is 0. The van der Waals surface area contributed by atoms with Crippen molar-refractivity contribution in [2.75, 3.05) is 0 Å². The van der Waals surface area contributed by atoms with Gasteiger partial charge >= 0.3 is 0 Å². The molecule has 0 unspecified atom stereocenters. The van der Waals surface area contributed by atoms with E-state index in [1.165, 1.54) is 0 Å². The van der Waals surface area contributed by atoms with Gasteiger partial charge in [-0.2, -0.15) is 0 Å². The summed E-state index contributed by atoms with van der Waals surface area (Å²) in [6.07, 6.45) is 3.47. The molecule has 0 saturated heterocycles. The van der Waals surface area contributed by atoms with Crippen LogP contribution in [0.1, 0.15) is 27.3 Å². The molecule has 1 aromatic carbocycles. The van der Waals surface area contributed by atoms with Gasteiger partial charge < -0.3 is 0 Å². The predicted octanol–water partition coefficient (Wildman–Crippen LogP) is 3.48. The maximum Gasteiger partial charge on any atom is 0.195 e. The molecule has 0 saturated carbocycles. The summed E-state index contributed by atoms with van der Waals surface area (Å²) in [6.45, 7) is 3.78. The van der Waals surface area contributed by atoms with E-state index in [0.717, 1.165) is 22.2 Å². The Morgan fingerprint density at radius 2 is 1.85 bits per heavy atom. The van der Waals surface area contributed by atoms with Crippen molar-refractivity contribution in [1.29, 1.82) is 0 Å². The summed E-state index contributed by atoms with van der Waals surface area (Å²) < 4.78 is 0. The second-order valence-electron chi connectivity index (χ2n) is 4.82. The summed E-state index contributed by atoms with van der Waals surface area (Å²) in [5, 5.41) is 1.89. The van der Waals surface area contributed by atoms with Crippen molar-refractivity contribution in [3.05, 3.63) is 71.3 Å². The van der Waals surface area contributed by atoms with Crippen molar-refractivity contribution >= 4 is 16.6 Å². The van der Waals surface area contributed by atoms with Crippen molar-refractivity contribution < 1.29 is 4.79 Å². The Balaban J connectivity index is 2.18. The molecule has 3 rings (SSSR count). The number of aryl methyl sites for hydroxylation is 2. The molecule has 0 radical (unpaired) electrons. The van der Waals surface area contributed by atoms with Crippen LogP contribution < -0.4 is 0 Å². The topological polar surface area (TPSA) is 42.9 Å². The average molecular weight is 262 g/mol. The highest BCUT2D eigenvalue weighted by Crippen LogP contribution is 2.21. The van der Waals surface area contributed by atoms with E-state index in [1.807, 2.05) is 50.2 Å². The molecule has 3 nitrogen and oxygen atoms in total. The molecular weight excluding hydrogens is 248 g/mol. The predicted molar refractivity (Wildman–Crippen MR) is 78.9 cm³/mol. The van der Waals surface area contributed by atoms with E-state index in [1.54, 1.807) is 12.4 Å². The first-order valence-electron chi connectivity index (χ1n) is 6.48. The lowest BCUT2D eigenvalue weighted by atomic mass is 9.97. The Bertz CT molecular complexity index is 804. The number of aromatic nitrogens is 2. The fourth-order valence-corrected chi connectivity index (χ4v) is 2.38. The SMILES string of the molecule is Cc1ccc(C(=O)c2cccc3ccncc23)c(C)n1. The van der Waals surface area contributed by atoms with Crippen LogP contribution in [-0.4, -0.2) is 15.8 Å². The van der Waals surface area contributed by atoms with Crippen LogP contribution in [0.15, 0.2) is 48.8 Å². The Kier molecular flexibility index (Phi) is 3.03. The minimum atomic E-state index is -0.00593. The number of rotatable bonds is 2. The molecule has 3 heteroatoms. The minimum absolute atomic E-state index is 0.00593. The summed E-state index contributed by atoms with van der Waals surface area (Å²) in [6, 6.07) is 11.3. The third-order valence-corrected chi connectivity index (χ3v) is 3.40. The monoisotopic (exact) mass is 262 g/mol. The summed E-state index contributed by atoms with van der Waals surface area (Å²) in [5.41, 5.74) is 2.99. The highest BCUT2D eigenvalue weighted by molar-refractivity contribution is 6.16. The van der Waals surface area contributed by atoms with Gasteiger partial charge in [0.1, 0.15) is 0 Å². The molecule has 0 aliphatic heterocycles. The minimum Gasteiger partial charge on any atom is -0.289 e. The molecule has 2 aromatic heterocycles. The van der Waals surface area contributed by atoms with E-state index in [4.69, 9.17) is 0 Å². The van der Waals surface area contributed by atoms with Crippen LogP contribution in [0, 0.1) is 13.8 Å². The second kappa shape index (κ2) is 4.85. The molecule has 3 aromatic rings. The van der Waals surface area contributed by atoms with Gasteiger partial charge in [0, 0.05) is 40.3 Å². The standard InChI is InChI=1S/C17H14N2O/c1-11-6-7-14(12(2)19-11)17(20)15-5-3-4-13-8-9-18-10-16(13)15/h3-10H,1-2H3. The molecule has 0 aliphatic carbocycles. The van der Waals surface area contributed by atoms with Gasteiger partial charge in [0.25, 0.3) is 0 Å². The molecule has 0 fully saturated rings. The van der Waals surface area contributed by atoms with Crippen molar-refractivity contribution in [3.8, 4) is 0 Å². The van der Waals surface area contributed by atoms with E-state index in [9.17, 15) is 4.79 Å². The maximum atomic E-state index is 12.7. The van der Waals surface area contributed by atoms with Crippen LogP contribution in [0.2, 0.25) is 0 Å². The zero-order valence-electron chi connectivity index (χ0n) is 11.4. The number of carbonyl (C=O) groups excluding carboxylic acids is 1. The van der Waals surface area contributed by atoms with Gasteiger partial charge in [0.2, 0.25) is 0 Å². The number of pyridine rings is 2. The fourth-order valence-electron chi connectivity index (χ4n) is 2.38. The molecule has 0 N–H and O–H groups in total. The molecular formula is C17H14N2O. The van der Waals surface area contributed by atoms with Gasteiger partial charge in [0.05, 0.1) is 0 Å². The summed E-state index contributed by atoms with van der Waals surface area (Å²) in [5.74, 6) is -0.00593. The lowest BCUT2D eigenvalue weighted by Gasteiger charge is -2.08. The van der Waals surface area contributed by atoms with Crippen molar-refractivity contribution in [1.82, 2.24) is 9.97 Å². The van der Waals surface area contributed by atoms with Crippen LogP contribution in [-0.2, 0) is 0 Å².